The molecule has 1 unspecified atom stereocenters. The van der Waals surface area contributed by atoms with Crippen LogP contribution in [0, 0.1) is 6.92 Å². The third kappa shape index (κ3) is 8.55. The summed E-state index contributed by atoms with van der Waals surface area (Å²) in [5.41, 5.74) is 2.99. The van der Waals surface area contributed by atoms with E-state index in [4.69, 9.17) is 4.74 Å². The number of rotatable bonds is 12. The number of hydrogen-bond acceptors (Lipinski definition) is 3. The first kappa shape index (κ1) is 26.5. The molecule has 0 aromatic heterocycles. The van der Waals surface area contributed by atoms with Gasteiger partial charge in [0.15, 0.2) is 6.61 Å². The highest BCUT2D eigenvalue weighted by molar-refractivity contribution is 9.10. The van der Waals surface area contributed by atoms with E-state index in [-0.39, 0.29) is 18.4 Å². The van der Waals surface area contributed by atoms with Gasteiger partial charge in [0.05, 0.1) is 0 Å². The summed E-state index contributed by atoms with van der Waals surface area (Å²) in [6.45, 7) is 4.81. The van der Waals surface area contributed by atoms with E-state index in [1.807, 2.05) is 85.8 Å². The van der Waals surface area contributed by atoms with Crippen molar-refractivity contribution < 1.29 is 14.3 Å². The van der Waals surface area contributed by atoms with Gasteiger partial charge in [0.25, 0.3) is 5.91 Å². The minimum absolute atomic E-state index is 0.145. The molecule has 184 valence electrons. The second-order valence-electron chi connectivity index (χ2n) is 8.60. The normalized spacial score (nSPS) is 11.5. The molecule has 6 heteroatoms. The minimum Gasteiger partial charge on any atom is -0.484 e. The quantitative estimate of drug-likeness (QED) is 0.302. The lowest BCUT2D eigenvalue weighted by molar-refractivity contribution is -0.142. The highest BCUT2D eigenvalue weighted by atomic mass is 79.9. The van der Waals surface area contributed by atoms with Crippen molar-refractivity contribution in [1.82, 2.24) is 10.2 Å². The maximum atomic E-state index is 13.6. The van der Waals surface area contributed by atoms with E-state index < -0.39 is 6.04 Å². The highest BCUT2D eigenvalue weighted by Crippen LogP contribution is 2.18. The van der Waals surface area contributed by atoms with Crippen LogP contribution < -0.4 is 10.1 Å². The number of halogens is 1. The molecule has 0 fully saturated rings. The summed E-state index contributed by atoms with van der Waals surface area (Å²) < 4.78 is 6.79. The zero-order valence-corrected chi connectivity index (χ0v) is 22.0. The first-order chi connectivity index (χ1) is 17.0. The Kier molecular flexibility index (Phi) is 10.4. The van der Waals surface area contributed by atoms with Gasteiger partial charge in [-0.3, -0.25) is 9.59 Å². The first-order valence-corrected chi connectivity index (χ1v) is 12.8. The number of carbonyl (C=O) groups is 2. The molecule has 1 N–H and O–H groups in total. The van der Waals surface area contributed by atoms with Gasteiger partial charge in [-0.05, 0) is 54.3 Å². The molecule has 2 amide bonds. The molecule has 3 rings (SSSR count). The van der Waals surface area contributed by atoms with Crippen LogP contribution >= 0.6 is 15.9 Å². The number of carbonyl (C=O) groups excluding carboxylic acids is 2. The maximum absolute atomic E-state index is 13.6. The number of nitrogens with one attached hydrogen (secondary N) is 1. The summed E-state index contributed by atoms with van der Waals surface area (Å²) in [6.07, 6.45) is 2.29. The summed E-state index contributed by atoms with van der Waals surface area (Å²) in [5.74, 6) is 0.248. The van der Waals surface area contributed by atoms with Crippen LogP contribution in [-0.2, 0) is 22.6 Å². The lowest BCUT2D eigenvalue weighted by Gasteiger charge is -2.31. The molecule has 0 aliphatic carbocycles. The van der Waals surface area contributed by atoms with E-state index in [1.54, 1.807) is 4.90 Å². The Bertz CT molecular complexity index is 1090. The van der Waals surface area contributed by atoms with Gasteiger partial charge in [0.2, 0.25) is 5.91 Å². The Balaban J connectivity index is 1.87. The van der Waals surface area contributed by atoms with Gasteiger partial charge < -0.3 is 15.0 Å². The van der Waals surface area contributed by atoms with Gasteiger partial charge >= 0.3 is 0 Å². The summed E-state index contributed by atoms with van der Waals surface area (Å²) in [4.78, 5) is 28.6. The second-order valence-corrected chi connectivity index (χ2v) is 9.52. The Morgan fingerprint density at radius 3 is 2.40 bits per heavy atom. The molecular formula is C29H33BrN2O3. The zero-order chi connectivity index (χ0) is 25.0. The largest absolute Gasteiger partial charge is 0.484 e. The lowest BCUT2D eigenvalue weighted by atomic mass is 10.0. The van der Waals surface area contributed by atoms with Crippen LogP contribution in [0.4, 0.5) is 0 Å². The molecule has 1 atom stereocenters. The second kappa shape index (κ2) is 13.7. The molecular weight excluding hydrogens is 504 g/mol. The summed E-state index contributed by atoms with van der Waals surface area (Å²) in [6, 6.07) is 24.5. The Morgan fingerprint density at radius 1 is 0.971 bits per heavy atom. The van der Waals surface area contributed by atoms with Gasteiger partial charge in [-0.15, -0.1) is 0 Å². The third-order valence-corrected chi connectivity index (χ3v) is 6.25. The molecule has 3 aromatic carbocycles. The molecule has 0 radical (unpaired) electrons. The van der Waals surface area contributed by atoms with Gasteiger partial charge in [0, 0.05) is 24.0 Å². The van der Waals surface area contributed by atoms with Crippen LogP contribution in [0.15, 0.2) is 83.3 Å². The van der Waals surface area contributed by atoms with Crippen molar-refractivity contribution in [1.29, 1.82) is 0 Å². The van der Waals surface area contributed by atoms with Crippen LogP contribution in [0.5, 0.6) is 5.75 Å². The van der Waals surface area contributed by atoms with E-state index in [0.717, 1.165) is 34.0 Å². The summed E-state index contributed by atoms with van der Waals surface area (Å²) in [5, 5.41) is 3.03. The molecule has 0 saturated heterocycles. The van der Waals surface area contributed by atoms with Gasteiger partial charge in [0.1, 0.15) is 11.8 Å². The van der Waals surface area contributed by atoms with Crippen molar-refractivity contribution in [2.45, 2.75) is 45.7 Å². The minimum atomic E-state index is -0.661. The monoisotopic (exact) mass is 536 g/mol. The fraction of sp³-hybridized carbons (Fsp3) is 0.310. The highest BCUT2D eigenvalue weighted by Gasteiger charge is 2.30. The SMILES string of the molecule is CCCCNC(=O)C(Cc1ccccc1)N(Cc1ccc(Br)cc1)C(=O)COc1cccc(C)c1. The molecule has 0 saturated carbocycles. The zero-order valence-electron chi connectivity index (χ0n) is 20.4. The average molecular weight is 537 g/mol. The van der Waals surface area contributed by atoms with Gasteiger partial charge in [-0.1, -0.05) is 83.9 Å². The molecule has 35 heavy (non-hydrogen) atoms. The number of hydrogen-bond donors (Lipinski definition) is 1. The van der Waals surface area contributed by atoms with Crippen LogP contribution in [0.25, 0.3) is 0 Å². The summed E-state index contributed by atoms with van der Waals surface area (Å²) >= 11 is 3.46. The Hall–Kier alpha value is -3.12. The van der Waals surface area contributed by atoms with E-state index in [0.29, 0.717) is 25.3 Å². The topological polar surface area (TPSA) is 58.6 Å². The van der Waals surface area contributed by atoms with E-state index in [1.165, 1.54) is 0 Å². The Morgan fingerprint density at radius 2 is 1.71 bits per heavy atom. The average Bonchev–Trinajstić information content (AvgIpc) is 2.86. The number of aryl methyl sites for hydroxylation is 1. The predicted molar refractivity (Wildman–Crippen MR) is 143 cm³/mol. The van der Waals surface area contributed by atoms with Crippen molar-refractivity contribution in [2.24, 2.45) is 0 Å². The molecule has 0 aliphatic heterocycles. The molecule has 5 nitrogen and oxygen atoms in total. The van der Waals surface area contributed by atoms with Crippen LogP contribution in [0.2, 0.25) is 0 Å². The van der Waals surface area contributed by atoms with Gasteiger partial charge in [-0.2, -0.15) is 0 Å². The van der Waals surface area contributed by atoms with Gasteiger partial charge in [-0.25, -0.2) is 0 Å². The molecule has 0 heterocycles. The van der Waals surface area contributed by atoms with Crippen LogP contribution in [0.3, 0.4) is 0 Å². The van der Waals surface area contributed by atoms with E-state index >= 15 is 0 Å². The number of ether oxygens (including phenoxy) is 1. The van der Waals surface area contributed by atoms with Crippen molar-refractivity contribution in [3.05, 3.63) is 100 Å². The van der Waals surface area contributed by atoms with E-state index in [9.17, 15) is 9.59 Å². The van der Waals surface area contributed by atoms with Crippen molar-refractivity contribution in [3.63, 3.8) is 0 Å². The molecule has 0 bridgehead atoms. The van der Waals surface area contributed by atoms with Crippen molar-refractivity contribution in [2.75, 3.05) is 13.2 Å². The number of nitrogens with zero attached hydrogens (tertiary/aromatic N) is 1. The first-order valence-electron chi connectivity index (χ1n) is 12.0. The summed E-state index contributed by atoms with van der Waals surface area (Å²) in [7, 11) is 0. The van der Waals surface area contributed by atoms with Crippen LogP contribution in [0.1, 0.15) is 36.5 Å². The lowest BCUT2D eigenvalue weighted by Crippen LogP contribution is -2.51. The van der Waals surface area contributed by atoms with E-state index in [2.05, 4.69) is 28.2 Å². The standard InChI is InChI=1S/C29H33BrN2O3/c1-3-4-17-31-29(34)27(19-23-10-6-5-7-11-23)32(20-24-13-15-25(30)16-14-24)28(33)21-35-26-12-8-9-22(2)18-26/h5-16,18,27H,3-4,17,19-21H2,1-2H3,(H,31,34). The van der Waals surface area contributed by atoms with Crippen LogP contribution in [-0.4, -0.2) is 35.9 Å². The fourth-order valence-electron chi connectivity index (χ4n) is 3.78. The van der Waals surface area contributed by atoms with Crippen molar-refractivity contribution in [3.8, 4) is 5.75 Å². The number of unbranched alkanes of at least 4 members (excludes halogenated alkanes) is 1. The number of amides is 2. The van der Waals surface area contributed by atoms with Crippen molar-refractivity contribution >= 4 is 27.7 Å². The fourth-order valence-corrected chi connectivity index (χ4v) is 4.04. The molecule has 3 aromatic rings. The maximum Gasteiger partial charge on any atom is 0.261 e. The smallest absolute Gasteiger partial charge is 0.261 e. The predicted octanol–water partition coefficient (Wildman–Crippen LogP) is 5.69. The molecule has 0 spiro atoms. The molecule has 0 aliphatic rings. The Labute approximate surface area is 216 Å². The number of benzene rings is 3. The third-order valence-electron chi connectivity index (χ3n) is 5.72.